The van der Waals surface area contributed by atoms with Gasteiger partial charge in [0, 0.05) is 24.2 Å². The van der Waals surface area contributed by atoms with Crippen LogP contribution in [0.2, 0.25) is 10.0 Å². The molecule has 0 spiro atoms. The van der Waals surface area contributed by atoms with Gasteiger partial charge in [0.2, 0.25) is 0 Å². The molecule has 0 saturated carbocycles. The molecule has 2 rings (SSSR count). The molecule has 4 nitrogen and oxygen atoms in total. The molecule has 1 aromatic rings. The molecule has 0 radical (unpaired) electrons. The summed E-state index contributed by atoms with van der Waals surface area (Å²) in [4.78, 5) is 16.3. The second kappa shape index (κ2) is 6.50. The third kappa shape index (κ3) is 3.59. The van der Waals surface area contributed by atoms with Crippen molar-refractivity contribution in [2.24, 2.45) is 0 Å². The lowest BCUT2D eigenvalue weighted by Crippen LogP contribution is -2.68. The Balaban J connectivity index is 2.43. The highest BCUT2D eigenvalue weighted by molar-refractivity contribution is 6.42. The maximum Gasteiger partial charge on any atom is 0.327 e. The Hall–Kier alpha value is -0.970. The lowest BCUT2D eigenvalue weighted by molar-refractivity contribution is -0.0255. The average Bonchev–Trinajstić information content (AvgIpc) is 2.40. The monoisotopic (exact) mass is 358 g/mol. The van der Waals surface area contributed by atoms with Gasteiger partial charge in [-0.05, 0) is 45.4 Å². The molecule has 0 aliphatic carbocycles. The number of rotatable bonds is 4. The maximum absolute atomic E-state index is 13.1. The van der Waals surface area contributed by atoms with Gasteiger partial charge >= 0.3 is 6.03 Å². The molecule has 1 atom stereocenters. The molecule has 0 bridgehead atoms. The number of carbonyl (C=O) groups excluding carboxylic acids is 1. The van der Waals surface area contributed by atoms with Crippen LogP contribution in [0.5, 0.6) is 0 Å². The number of anilines is 1. The first-order chi connectivity index (χ1) is 10.6. The average molecular weight is 359 g/mol. The molecule has 1 N–H and O–H groups in total. The summed E-state index contributed by atoms with van der Waals surface area (Å²) in [5.41, 5.74) is -1.16. The van der Waals surface area contributed by atoms with Crippen molar-refractivity contribution in [3.8, 4) is 0 Å². The van der Waals surface area contributed by atoms with Gasteiger partial charge in [-0.1, -0.05) is 36.5 Å². The predicted molar refractivity (Wildman–Crippen MR) is 95.3 cm³/mol. The highest BCUT2D eigenvalue weighted by Crippen LogP contribution is 2.40. The summed E-state index contributed by atoms with van der Waals surface area (Å²) in [6.07, 6.45) is 2.37. The van der Waals surface area contributed by atoms with Crippen LogP contribution in [0.3, 0.4) is 0 Å². The van der Waals surface area contributed by atoms with Gasteiger partial charge in [-0.3, -0.25) is 4.90 Å². The number of benzene rings is 1. The molecule has 1 fully saturated rings. The predicted octanol–water partition coefficient (Wildman–Crippen LogP) is 4.91. The Kier molecular flexibility index (Phi) is 5.19. The first-order valence-electron chi connectivity index (χ1n) is 7.89. The second-order valence-corrected chi connectivity index (χ2v) is 7.74. The van der Waals surface area contributed by atoms with E-state index in [-0.39, 0.29) is 6.03 Å². The Labute approximate surface area is 148 Å². The normalized spacial score (nSPS) is 24.2. The fourth-order valence-corrected chi connectivity index (χ4v) is 3.60. The third-order valence-corrected chi connectivity index (χ3v) is 5.04. The van der Waals surface area contributed by atoms with Gasteiger partial charge in [0.15, 0.2) is 0 Å². The lowest BCUT2D eigenvalue weighted by atomic mass is 9.87. The Bertz CT molecular complexity index is 602. The number of nitrogens with zero attached hydrogens (tertiary/aromatic N) is 2. The summed E-state index contributed by atoms with van der Waals surface area (Å²) < 4.78 is 0. The van der Waals surface area contributed by atoms with E-state index in [9.17, 15) is 9.90 Å². The lowest BCUT2D eigenvalue weighted by Gasteiger charge is -2.53. The van der Waals surface area contributed by atoms with Crippen LogP contribution in [0.4, 0.5) is 10.5 Å². The molecule has 128 valence electrons. The molecule has 0 unspecified atom stereocenters. The van der Waals surface area contributed by atoms with Gasteiger partial charge in [0.1, 0.15) is 5.72 Å². The van der Waals surface area contributed by atoms with Gasteiger partial charge in [-0.2, -0.15) is 0 Å². The first-order valence-corrected chi connectivity index (χ1v) is 8.65. The van der Waals surface area contributed by atoms with Crippen molar-refractivity contribution in [1.29, 1.82) is 0 Å². The maximum atomic E-state index is 13.1. The molecule has 1 aliphatic rings. The fourth-order valence-electron chi connectivity index (χ4n) is 3.31. The number of aliphatic hydroxyl groups is 1. The zero-order valence-electron chi connectivity index (χ0n) is 14.1. The number of hydrogen-bond donors (Lipinski definition) is 1. The minimum absolute atomic E-state index is 0.210. The van der Waals surface area contributed by atoms with Gasteiger partial charge in [-0.15, -0.1) is 0 Å². The molecule has 1 heterocycles. The van der Waals surface area contributed by atoms with Crippen LogP contribution in [0.15, 0.2) is 18.2 Å². The van der Waals surface area contributed by atoms with Crippen LogP contribution >= 0.6 is 23.2 Å². The van der Waals surface area contributed by atoms with Crippen molar-refractivity contribution < 1.29 is 9.90 Å². The van der Waals surface area contributed by atoms with Crippen molar-refractivity contribution in [2.45, 2.75) is 58.2 Å². The molecule has 2 amide bonds. The number of carbonyl (C=O) groups is 1. The van der Waals surface area contributed by atoms with E-state index in [2.05, 4.69) is 6.92 Å². The number of hydrogen-bond acceptors (Lipinski definition) is 2. The molecular formula is C17H24Cl2N2O2. The first kappa shape index (κ1) is 18.4. The number of urea groups is 1. The molecule has 1 aromatic carbocycles. The van der Waals surface area contributed by atoms with Crippen molar-refractivity contribution >= 4 is 34.9 Å². The minimum Gasteiger partial charge on any atom is -0.371 e. The second-order valence-electron chi connectivity index (χ2n) is 6.93. The van der Waals surface area contributed by atoms with Crippen molar-refractivity contribution in [1.82, 2.24) is 4.90 Å². The van der Waals surface area contributed by atoms with Crippen molar-refractivity contribution in [2.75, 3.05) is 11.4 Å². The van der Waals surface area contributed by atoms with E-state index in [1.807, 2.05) is 18.7 Å². The fraction of sp³-hybridized carbons (Fsp3) is 0.588. The molecular weight excluding hydrogens is 335 g/mol. The van der Waals surface area contributed by atoms with Gasteiger partial charge in [0.05, 0.1) is 10.0 Å². The number of amides is 2. The van der Waals surface area contributed by atoms with Crippen molar-refractivity contribution in [3.05, 3.63) is 28.2 Å². The summed E-state index contributed by atoms with van der Waals surface area (Å²) >= 11 is 12.0. The van der Waals surface area contributed by atoms with E-state index < -0.39 is 11.3 Å². The summed E-state index contributed by atoms with van der Waals surface area (Å²) in [5, 5.41) is 11.7. The van der Waals surface area contributed by atoms with E-state index in [1.54, 1.807) is 25.1 Å². The van der Waals surface area contributed by atoms with Crippen LogP contribution in [-0.2, 0) is 0 Å². The highest BCUT2D eigenvalue weighted by atomic mass is 35.5. The SMILES string of the molecule is CCCCN1C(=O)N(c2ccc(Cl)c(Cl)c2)[C@](C)(O)CC1(C)C. The smallest absolute Gasteiger partial charge is 0.327 e. The van der Waals surface area contributed by atoms with Crippen LogP contribution in [0, 0.1) is 0 Å². The molecule has 1 aliphatic heterocycles. The zero-order chi connectivity index (χ0) is 17.4. The minimum atomic E-state index is -1.29. The van der Waals surface area contributed by atoms with E-state index in [4.69, 9.17) is 23.2 Å². The van der Waals surface area contributed by atoms with Crippen LogP contribution in [0.1, 0.15) is 47.0 Å². The van der Waals surface area contributed by atoms with Gasteiger partial charge < -0.3 is 10.0 Å². The van der Waals surface area contributed by atoms with E-state index >= 15 is 0 Å². The molecule has 1 saturated heterocycles. The molecule has 6 heteroatoms. The van der Waals surface area contributed by atoms with Gasteiger partial charge in [0.25, 0.3) is 0 Å². The molecule has 23 heavy (non-hydrogen) atoms. The third-order valence-electron chi connectivity index (χ3n) is 4.30. The van der Waals surface area contributed by atoms with Crippen LogP contribution < -0.4 is 4.90 Å². The van der Waals surface area contributed by atoms with Crippen LogP contribution in [0.25, 0.3) is 0 Å². The summed E-state index contributed by atoms with van der Waals surface area (Å²) in [6, 6.07) is 4.75. The highest BCUT2D eigenvalue weighted by Gasteiger charge is 2.50. The van der Waals surface area contributed by atoms with Crippen LogP contribution in [-0.4, -0.2) is 33.8 Å². The Morgan fingerprint density at radius 1 is 1.22 bits per heavy atom. The van der Waals surface area contributed by atoms with Gasteiger partial charge in [-0.25, -0.2) is 4.79 Å². The van der Waals surface area contributed by atoms with Crippen molar-refractivity contribution in [3.63, 3.8) is 0 Å². The molecule has 0 aromatic heterocycles. The van der Waals surface area contributed by atoms with E-state index in [1.165, 1.54) is 4.90 Å². The largest absolute Gasteiger partial charge is 0.371 e. The number of halogens is 2. The zero-order valence-corrected chi connectivity index (χ0v) is 15.6. The summed E-state index contributed by atoms with van der Waals surface area (Å²) in [7, 11) is 0. The van der Waals surface area contributed by atoms with E-state index in [0.29, 0.717) is 28.7 Å². The summed E-state index contributed by atoms with van der Waals surface area (Å²) in [6.45, 7) is 8.39. The number of unbranched alkanes of at least 4 members (excludes halogenated alkanes) is 1. The Morgan fingerprint density at radius 3 is 2.43 bits per heavy atom. The standard InChI is InChI=1S/C17H24Cl2N2O2/c1-5-6-9-20-15(22)21(17(4,23)11-16(20,2)3)12-7-8-13(18)14(19)10-12/h7-8,10,23H,5-6,9,11H2,1-4H3/t17-/m1/s1. The topological polar surface area (TPSA) is 43.8 Å². The quantitative estimate of drug-likeness (QED) is 0.830. The summed E-state index contributed by atoms with van der Waals surface area (Å²) in [5.74, 6) is 0. The van der Waals surface area contributed by atoms with E-state index in [0.717, 1.165) is 12.8 Å². The Morgan fingerprint density at radius 2 is 1.87 bits per heavy atom.